The van der Waals surface area contributed by atoms with Gasteiger partial charge in [0.1, 0.15) is 0 Å². The minimum atomic E-state index is 0.299. The molecule has 0 aromatic heterocycles. The molecule has 0 aromatic rings. The quantitative estimate of drug-likeness (QED) is 0.591. The van der Waals surface area contributed by atoms with E-state index in [1.807, 2.05) is 6.08 Å². The fourth-order valence-electron chi connectivity index (χ4n) is 4.72. The first kappa shape index (κ1) is 9.62. The molecule has 0 heterocycles. The minimum absolute atomic E-state index is 0.299. The van der Waals surface area contributed by atoms with Gasteiger partial charge in [0, 0.05) is 5.92 Å². The smallest absolute Gasteiger partial charge is 0.159 e. The van der Waals surface area contributed by atoms with Gasteiger partial charge in [0.05, 0.1) is 0 Å². The molecule has 3 aliphatic rings. The van der Waals surface area contributed by atoms with Crippen LogP contribution in [0.5, 0.6) is 0 Å². The van der Waals surface area contributed by atoms with Gasteiger partial charge in [-0.05, 0) is 41.6 Å². The zero-order chi connectivity index (χ0) is 10.9. The molecule has 3 rings (SSSR count). The van der Waals surface area contributed by atoms with E-state index in [9.17, 15) is 4.79 Å². The standard InChI is InChI=1S/C14H20O/c1-12(2)6-4-7-13(3)8-5-11(15)10-9-14(10,12)13/h5,8,10H,4,6-7,9H2,1-3H3. The number of hydrogen-bond donors (Lipinski definition) is 0. The van der Waals surface area contributed by atoms with Gasteiger partial charge in [-0.1, -0.05) is 33.3 Å². The molecule has 3 aliphatic carbocycles. The van der Waals surface area contributed by atoms with E-state index >= 15 is 0 Å². The van der Waals surface area contributed by atoms with Crippen molar-refractivity contribution in [1.82, 2.24) is 0 Å². The van der Waals surface area contributed by atoms with Crippen LogP contribution in [0.15, 0.2) is 12.2 Å². The van der Waals surface area contributed by atoms with Crippen LogP contribution in [0.1, 0.15) is 46.5 Å². The van der Waals surface area contributed by atoms with Crippen molar-refractivity contribution in [2.75, 3.05) is 0 Å². The van der Waals surface area contributed by atoms with E-state index in [-0.39, 0.29) is 0 Å². The zero-order valence-corrected chi connectivity index (χ0v) is 9.97. The highest BCUT2D eigenvalue weighted by Gasteiger charge is 2.73. The molecule has 0 radical (unpaired) electrons. The van der Waals surface area contributed by atoms with E-state index in [0.29, 0.717) is 27.9 Å². The largest absolute Gasteiger partial charge is 0.295 e. The third-order valence-electron chi connectivity index (χ3n) is 5.64. The average Bonchev–Trinajstić information content (AvgIpc) is 2.88. The third-order valence-corrected chi connectivity index (χ3v) is 5.64. The van der Waals surface area contributed by atoms with Crippen molar-refractivity contribution in [1.29, 1.82) is 0 Å². The molecule has 0 aromatic carbocycles. The molecule has 0 N–H and O–H groups in total. The summed E-state index contributed by atoms with van der Waals surface area (Å²) < 4.78 is 0. The Morgan fingerprint density at radius 2 is 2.00 bits per heavy atom. The highest BCUT2D eigenvalue weighted by Crippen LogP contribution is 2.78. The Bertz CT molecular complexity index is 366. The molecule has 1 heteroatoms. The van der Waals surface area contributed by atoms with E-state index in [0.717, 1.165) is 6.42 Å². The van der Waals surface area contributed by atoms with Gasteiger partial charge < -0.3 is 0 Å². The summed E-state index contributed by atoms with van der Waals surface area (Å²) in [6.07, 6.45) is 9.10. The first-order chi connectivity index (χ1) is 6.93. The molecule has 2 saturated carbocycles. The Labute approximate surface area is 91.9 Å². The Morgan fingerprint density at radius 1 is 1.27 bits per heavy atom. The van der Waals surface area contributed by atoms with Crippen LogP contribution in [0, 0.1) is 22.2 Å². The second-order valence-corrected chi connectivity index (χ2v) is 6.62. The lowest BCUT2D eigenvalue weighted by atomic mass is 9.51. The Morgan fingerprint density at radius 3 is 2.73 bits per heavy atom. The first-order valence-electron chi connectivity index (χ1n) is 6.16. The van der Waals surface area contributed by atoms with Gasteiger partial charge in [-0.3, -0.25) is 4.79 Å². The van der Waals surface area contributed by atoms with Crippen LogP contribution < -0.4 is 0 Å². The molecular formula is C14H20O. The molecule has 0 bridgehead atoms. The lowest BCUT2D eigenvalue weighted by Gasteiger charge is -2.52. The molecule has 1 spiro atoms. The fraction of sp³-hybridized carbons (Fsp3) is 0.786. The highest BCUT2D eigenvalue weighted by atomic mass is 16.1. The monoisotopic (exact) mass is 204 g/mol. The molecule has 2 fully saturated rings. The summed E-state index contributed by atoms with van der Waals surface area (Å²) in [5, 5.41) is 0. The molecule has 0 aliphatic heterocycles. The predicted octanol–water partition coefficient (Wildman–Crippen LogP) is 3.35. The number of carbonyl (C=O) groups is 1. The van der Waals surface area contributed by atoms with Crippen molar-refractivity contribution in [3.05, 3.63) is 12.2 Å². The van der Waals surface area contributed by atoms with Crippen LogP contribution in [0.25, 0.3) is 0 Å². The number of rotatable bonds is 0. The maximum absolute atomic E-state index is 11.8. The summed E-state index contributed by atoms with van der Waals surface area (Å²) in [5.74, 6) is 0.741. The third kappa shape index (κ3) is 0.885. The number of ketones is 1. The maximum atomic E-state index is 11.8. The summed E-state index contributed by atoms with van der Waals surface area (Å²) in [4.78, 5) is 11.8. The van der Waals surface area contributed by atoms with Crippen molar-refractivity contribution in [3.8, 4) is 0 Å². The Balaban J connectivity index is 2.14. The highest BCUT2D eigenvalue weighted by molar-refractivity contribution is 5.96. The van der Waals surface area contributed by atoms with E-state index in [1.54, 1.807) is 0 Å². The van der Waals surface area contributed by atoms with Gasteiger partial charge in [0.25, 0.3) is 0 Å². The molecule has 15 heavy (non-hydrogen) atoms. The summed E-state index contributed by atoms with van der Waals surface area (Å²) in [7, 11) is 0. The van der Waals surface area contributed by atoms with Crippen molar-refractivity contribution < 1.29 is 4.79 Å². The Hall–Kier alpha value is -0.590. The van der Waals surface area contributed by atoms with Crippen LogP contribution in [-0.4, -0.2) is 5.78 Å². The van der Waals surface area contributed by atoms with Gasteiger partial charge in [0.15, 0.2) is 5.78 Å². The molecular weight excluding hydrogens is 184 g/mol. The Kier molecular flexibility index (Phi) is 1.53. The summed E-state index contributed by atoms with van der Waals surface area (Å²) in [6, 6.07) is 0. The molecule has 3 unspecified atom stereocenters. The second-order valence-electron chi connectivity index (χ2n) is 6.62. The van der Waals surface area contributed by atoms with Crippen LogP contribution in [0.3, 0.4) is 0 Å². The van der Waals surface area contributed by atoms with Gasteiger partial charge in [-0.15, -0.1) is 0 Å². The van der Waals surface area contributed by atoms with Gasteiger partial charge in [-0.25, -0.2) is 0 Å². The van der Waals surface area contributed by atoms with Gasteiger partial charge in [0.2, 0.25) is 0 Å². The van der Waals surface area contributed by atoms with Gasteiger partial charge in [-0.2, -0.15) is 0 Å². The number of hydrogen-bond acceptors (Lipinski definition) is 1. The van der Waals surface area contributed by atoms with Crippen LogP contribution >= 0.6 is 0 Å². The molecule has 0 saturated heterocycles. The summed E-state index contributed by atoms with van der Waals surface area (Å²) in [5.41, 5.74) is 0.961. The van der Waals surface area contributed by atoms with Crippen molar-refractivity contribution in [2.45, 2.75) is 46.5 Å². The molecule has 0 amide bonds. The maximum Gasteiger partial charge on any atom is 0.159 e. The minimum Gasteiger partial charge on any atom is -0.295 e. The zero-order valence-electron chi connectivity index (χ0n) is 9.97. The van der Waals surface area contributed by atoms with Crippen molar-refractivity contribution >= 4 is 5.78 Å². The SMILES string of the molecule is CC1(C)CCCC2(C)C=CC(=O)C3CC312. The molecule has 1 nitrogen and oxygen atoms in total. The van der Waals surface area contributed by atoms with Crippen molar-refractivity contribution in [3.63, 3.8) is 0 Å². The van der Waals surface area contributed by atoms with E-state index in [4.69, 9.17) is 0 Å². The summed E-state index contributed by atoms with van der Waals surface area (Å²) in [6.45, 7) is 7.12. The van der Waals surface area contributed by atoms with Crippen molar-refractivity contribution in [2.24, 2.45) is 22.2 Å². The number of allylic oxidation sites excluding steroid dienone is 2. The van der Waals surface area contributed by atoms with E-state index in [1.165, 1.54) is 19.3 Å². The molecule has 82 valence electrons. The topological polar surface area (TPSA) is 17.1 Å². The van der Waals surface area contributed by atoms with Crippen LogP contribution in [0.4, 0.5) is 0 Å². The average molecular weight is 204 g/mol. The first-order valence-corrected chi connectivity index (χ1v) is 6.16. The van der Waals surface area contributed by atoms with E-state index < -0.39 is 0 Å². The van der Waals surface area contributed by atoms with E-state index in [2.05, 4.69) is 26.8 Å². The summed E-state index contributed by atoms with van der Waals surface area (Å²) >= 11 is 0. The second kappa shape index (κ2) is 2.39. The van der Waals surface area contributed by atoms with Crippen LogP contribution in [-0.2, 0) is 4.79 Å². The lowest BCUT2D eigenvalue weighted by Crippen LogP contribution is -2.46. The van der Waals surface area contributed by atoms with Gasteiger partial charge >= 0.3 is 0 Å². The normalized spacial score (nSPS) is 50.9. The fourth-order valence-corrected chi connectivity index (χ4v) is 4.72. The number of carbonyl (C=O) groups excluding carboxylic acids is 1. The van der Waals surface area contributed by atoms with Crippen LogP contribution in [0.2, 0.25) is 0 Å². The molecule has 3 atom stereocenters. The lowest BCUT2D eigenvalue weighted by molar-refractivity contribution is -0.120. The predicted molar refractivity (Wildman–Crippen MR) is 60.4 cm³/mol.